The summed E-state index contributed by atoms with van der Waals surface area (Å²) in [6, 6.07) is 0. The fourth-order valence-electron chi connectivity index (χ4n) is 2.29. The summed E-state index contributed by atoms with van der Waals surface area (Å²) in [4.78, 5) is 11.5. The van der Waals surface area contributed by atoms with Crippen LogP contribution in [0.2, 0.25) is 0 Å². The van der Waals surface area contributed by atoms with Gasteiger partial charge < -0.3 is 0 Å². The van der Waals surface area contributed by atoms with Crippen molar-refractivity contribution < 1.29 is 4.79 Å². The number of hydrogen-bond donors (Lipinski definition) is 0. The van der Waals surface area contributed by atoms with Gasteiger partial charge >= 0.3 is 0 Å². The van der Waals surface area contributed by atoms with Gasteiger partial charge in [0.25, 0.3) is 0 Å². The quantitative estimate of drug-likeness (QED) is 0.636. The molecule has 1 fully saturated rings. The van der Waals surface area contributed by atoms with Gasteiger partial charge in [0.1, 0.15) is 5.78 Å². The van der Waals surface area contributed by atoms with Crippen molar-refractivity contribution in [3.8, 4) is 0 Å². The Morgan fingerprint density at radius 3 is 2.77 bits per heavy atom. The van der Waals surface area contributed by atoms with Crippen molar-refractivity contribution in [3.63, 3.8) is 0 Å². The Morgan fingerprint density at radius 1 is 1.23 bits per heavy atom. The second-order valence-corrected chi connectivity index (χ2v) is 4.35. The summed E-state index contributed by atoms with van der Waals surface area (Å²) >= 11 is 0. The van der Waals surface area contributed by atoms with Crippen LogP contribution in [0.15, 0.2) is 0 Å². The van der Waals surface area contributed by atoms with Crippen molar-refractivity contribution in [2.24, 2.45) is 5.92 Å². The Bertz CT molecular complexity index is 151. The minimum absolute atomic E-state index is 0.514. The maximum absolute atomic E-state index is 11.5. The lowest BCUT2D eigenvalue weighted by Crippen LogP contribution is -2.07. The number of rotatable bonds is 2. The van der Waals surface area contributed by atoms with E-state index in [0.29, 0.717) is 11.7 Å². The molecular formula is C12H22O. The van der Waals surface area contributed by atoms with Gasteiger partial charge in [0.05, 0.1) is 0 Å². The van der Waals surface area contributed by atoms with Gasteiger partial charge in [-0.1, -0.05) is 45.4 Å². The van der Waals surface area contributed by atoms with E-state index in [2.05, 4.69) is 6.92 Å². The highest BCUT2D eigenvalue weighted by Gasteiger charge is 2.14. The highest BCUT2D eigenvalue weighted by atomic mass is 16.1. The van der Waals surface area contributed by atoms with Crippen LogP contribution in [0, 0.1) is 5.92 Å². The van der Waals surface area contributed by atoms with Gasteiger partial charge in [0, 0.05) is 12.8 Å². The summed E-state index contributed by atoms with van der Waals surface area (Å²) in [5.74, 6) is 1.22. The van der Waals surface area contributed by atoms with E-state index in [1.807, 2.05) is 0 Å². The summed E-state index contributed by atoms with van der Waals surface area (Å²) in [6.45, 7) is 2.22. The molecule has 0 saturated heterocycles. The van der Waals surface area contributed by atoms with Crippen LogP contribution in [0.1, 0.15) is 64.7 Å². The molecule has 1 aliphatic rings. The minimum atomic E-state index is 0.514. The first-order valence-corrected chi connectivity index (χ1v) is 5.84. The van der Waals surface area contributed by atoms with Crippen LogP contribution in [0.25, 0.3) is 0 Å². The number of ketones is 1. The monoisotopic (exact) mass is 182 g/mol. The molecule has 0 heterocycles. The first-order valence-electron chi connectivity index (χ1n) is 5.84. The van der Waals surface area contributed by atoms with Crippen LogP contribution in [0.3, 0.4) is 0 Å². The molecule has 0 N–H and O–H groups in total. The summed E-state index contributed by atoms with van der Waals surface area (Å²) in [7, 11) is 0. The van der Waals surface area contributed by atoms with Gasteiger partial charge in [-0.3, -0.25) is 4.79 Å². The largest absolute Gasteiger partial charge is 0.300 e. The van der Waals surface area contributed by atoms with Crippen molar-refractivity contribution >= 4 is 5.78 Å². The number of carbonyl (C=O) groups is 1. The molecule has 0 spiro atoms. The van der Waals surface area contributed by atoms with Gasteiger partial charge in [0.15, 0.2) is 0 Å². The van der Waals surface area contributed by atoms with Gasteiger partial charge in [-0.15, -0.1) is 0 Å². The van der Waals surface area contributed by atoms with Crippen LogP contribution >= 0.6 is 0 Å². The molecule has 0 aliphatic heterocycles. The lowest BCUT2D eigenvalue weighted by Gasteiger charge is -2.13. The molecule has 76 valence electrons. The molecule has 1 atom stereocenters. The molecule has 1 aliphatic carbocycles. The molecule has 0 aromatic heterocycles. The smallest absolute Gasteiger partial charge is 0.133 e. The fourth-order valence-corrected chi connectivity index (χ4v) is 2.29. The molecule has 1 unspecified atom stereocenters. The average molecular weight is 182 g/mol. The lowest BCUT2D eigenvalue weighted by molar-refractivity contribution is -0.120. The topological polar surface area (TPSA) is 17.1 Å². The molecule has 0 amide bonds. The second kappa shape index (κ2) is 6.17. The summed E-state index contributed by atoms with van der Waals surface area (Å²) in [5.41, 5.74) is 0. The van der Waals surface area contributed by atoms with Crippen LogP contribution in [-0.4, -0.2) is 5.78 Å². The molecule has 0 bridgehead atoms. The van der Waals surface area contributed by atoms with E-state index in [1.165, 1.54) is 38.5 Å². The maximum Gasteiger partial charge on any atom is 0.133 e. The van der Waals surface area contributed by atoms with E-state index in [0.717, 1.165) is 19.3 Å². The zero-order valence-electron chi connectivity index (χ0n) is 8.85. The van der Waals surface area contributed by atoms with E-state index >= 15 is 0 Å². The van der Waals surface area contributed by atoms with Gasteiger partial charge in [-0.2, -0.15) is 0 Å². The van der Waals surface area contributed by atoms with Crippen LogP contribution in [0.4, 0.5) is 0 Å². The van der Waals surface area contributed by atoms with Crippen molar-refractivity contribution in [3.05, 3.63) is 0 Å². The van der Waals surface area contributed by atoms with E-state index < -0.39 is 0 Å². The van der Waals surface area contributed by atoms with Crippen LogP contribution < -0.4 is 0 Å². The summed E-state index contributed by atoms with van der Waals surface area (Å²) < 4.78 is 0. The third-order valence-corrected chi connectivity index (χ3v) is 3.03. The maximum atomic E-state index is 11.5. The van der Waals surface area contributed by atoms with Gasteiger partial charge in [-0.05, 0) is 12.3 Å². The Morgan fingerprint density at radius 2 is 2.00 bits per heavy atom. The van der Waals surface area contributed by atoms with E-state index in [1.54, 1.807) is 0 Å². The molecule has 0 radical (unpaired) electrons. The van der Waals surface area contributed by atoms with Crippen molar-refractivity contribution in [2.45, 2.75) is 64.7 Å². The Balaban J connectivity index is 2.36. The lowest BCUT2D eigenvalue weighted by atomic mass is 9.92. The Labute approximate surface area is 81.9 Å². The van der Waals surface area contributed by atoms with Gasteiger partial charge in [0.2, 0.25) is 0 Å². The van der Waals surface area contributed by atoms with Crippen LogP contribution in [0.5, 0.6) is 0 Å². The van der Waals surface area contributed by atoms with Crippen molar-refractivity contribution in [1.82, 2.24) is 0 Å². The fraction of sp³-hybridized carbons (Fsp3) is 0.917. The SMILES string of the molecule is CCCC1CCCCCCC(=O)C1. The Hall–Kier alpha value is -0.330. The molecule has 1 nitrogen and oxygen atoms in total. The highest BCUT2D eigenvalue weighted by molar-refractivity contribution is 5.78. The van der Waals surface area contributed by atoms with E-state index in [-0.39, 0.29) is 0 Å². The van der Waals surface area contributed by atoms with Crippen LogP contribution in [-0.2, 0) is 4.79 Å². The van der Waals surface area contributed by atoms with Crippen molar-refractivity contribution in [1.29, 1.82) is 0 Å². The second-order valence-electron chi connectivity index (χ2n) is 4.35. The first kappa shape index (κ1) is 10.7. The minimum Gasteiger partial charge on any atom is -0.300 e. The van der Waals surface area contributed by atoms with E-state index in [9.17, 15) is 4.79 Å². The zero-order chi connectivity index (χ0) is 9.52. The summed E-state index contributed by atoms with van der Waals surface area (Å²) in [6.07, 6.45) is 10.6. The van der Waals surface area contributed by atoms with Gasteiger partial charge in [-0.25, -0.2) is 0 Å². The molecular weight excluding hydrogens is 160 g/mol. The first-order chi connectivity index (χ1) is 6.33. The number of Topliss-reactive ketones (excluding diaryl/α,β-unsaturated/α-hetero) is 1. The third kappa shape index (κ3) is 4.44. The third-order valence-electron chi connectivity index (χ3n) is 3.03. The molecule has 0 aromatic rings. The average Bonchev–Trinajstić information content (AvgIpc) is 2.18. The molecule has 1 rings (SSSR count). The predicted octanol–water partition coefficient (Wildman–Crippen LogP) is 3.72. The molecule has 1 saturated carbocycles. The normalized spacial score (nSPS) is 26.2. The summed E-state index contributed by atoms with van der Waals surface area (Å²) in [5, 5.41) is 0. The van der Waals surface area contributed by atoms with E-state index in [4.69, 9.17) is 0 Å². The Kier molecular flexibility index (Phi) is 5.10. The predicted molar refractivity (Wildman–Crippen MR) is 55.7 cm³/mol. The zero-order valence-corrected chi connectivity index (χ0v) is 8.85. The molecule has 1 heteroatoms. The number of hydrogen-bond acceptors (Lipinski definition) is 1. The van der Waals surface area contributed by atoms with Crippen molar-refractivity contribution in [2.75, 3.05) is 0 Å². The highest BCUT2D eigenvalue weighted by Crippen LogP contribution is 2.23. The standard InChI is InChI=1S/C12H22O/c1-2-7-11-8-5-3-4-6-9-12(13)10-11/h11H,2-10H2,1H3. The number of carbonyl (C=O) groups excluding carboxylic acids is 1. The molecule has 0 aromatic carbocycles. The molecule has 13 heavy (non-hydrogen) atoms.